The molecule has 1 aliphatic heterocycles. The van der Waals surface area contributed by atoms with Gasteiger partial charge < -0.3 is 14.2 Å². The van der Waals surface area contributed by atoms with Crippen molar-refractivity contribution in [2.45, 2.75) is 19.6 Å². The summed E-state index contributed by atoms with van der Waals surface area (Å²) >= 11 is 4.79. The predicted molar refractivity (Wildman–Crippen MR) is 186 cm³/mol. The number of halogens is 1. The van der Waals surface area contributed by atoms with Gasteiger partial charge in [0, 0.05) is 17.7 Å². The van der Waals surface area contributed by atoms with Crippen LogP contribution in [0.1, 0.15) is 35.2 Å². The molecule has 0 radical (unpaired) electrons. The average molecular weight is 727 g/mol. The van der Waals surface area contributed by atoms with E-state index in [1.807, 2.05) is 60.7 Å². The normalized spacial score (nSPS) is 14.2. The van der Waals surface area contributed by atoms with Gasteiger partial charge in [-0.3, -0.25) is 19.5 Å². The largest absolute Gasteiger partial charge is 0.497 e. The maximum atomic E-state index is 14.2. The van der Waals surface area contributed by atoms with Crippen LogP contribution in [0.3, 0.4) is 0 Å². The topological polar surface area (TPSA) is 122 Å². The second-order valence-electron chi connectivity index (χ2n) is 10.6. The smallest absolute Gasteiger partial charge is 0.338 e. The SMILES string of the molecule is CCOC(=O)C1=C(c2ccccc2)N=c2s/c(=C\c3ccc(OCc4ccc([N+](=O)[O-])cc4)c(Br)c3)c(=O)n2[C@H]1c1cccc(OC)c1. The highest BCUT2D eigenvalue weighted by atomic mass is 79.9. The van der Waals surface area contributed by atoms with Crippen molar-refractivity contribution >= 4 is 50.7 Å². The van der Waals surface area contributed by atoms with E-state index >= 15 is 0 Å². The monoisotopic (exact) mass is 725 g/mol. The number of thiazole rings is 1. The van der Waals surface area contributed by atoms with Crippen molar-refractivity contribution in [1.29, 1.82) is 0 Å². The summed E-state index contributed by atoms with van der Waals surface area (Å²) in [6.45, 7) is 2.11. The fraction of sp³-hybridized carbons (Fsp3) is 0.139. The second kappa shape index (κ2) is 14.2. The van der Waals surface area contributed by atoms with Gasteiger partial charge in [-0.1, -0.05) is 59.9 Å². The molecule has 6 rings (SSSR count). The number of methoxy groups -OCH3 is 1. The molecule has 10 nitrogen and oxygen atoms in total. The van der Waals surface area contributed by atoms with Crippen molar-refractivity contribution < 1.29 is 23.9 Å². The van der Waals surface area contributed by atoms with Crippen molar-refractivity contribution in [2.75, 3.05) is 13.7 Å². The fourth-order valence-electron chi connectivity index (χ4n) is 5.32. The molecule has 0 spiro atoms. The van der Waals surface area contributed by atoms with Crippen LogP contribution in [0.5, 0.6) is 11.5 Å². The van der Waals surface area contributed by atoms with E-state index in [9.17, 15) is 19.7 Å². The lowest BCUT2D eigenvalue weighted by molar-refractivity contribution is -0.384. The highest BCUT2D eigenvalue weighted by molar-refractivity contribution is 9.10. The summed E-state index contributed by atoms with van der Waals surface area (Å²) in [6.07, 6.45) is 1.77. The average Bonchev–Trinajstić information content (AvgIpc) is 3.41. The molecule has 0 unspecified atom stereocenters. The quantitative estimate of drug-likeness (QED) is 0.0956. The van der Waals surface area contributed by atoms with Crippen molar-refractivity contribution in [3.05, 3.63) is 159 Å². The first-order chi connectivity index (χ1) is 23.3. The molecule has 0 saturated carbocycles. The molecule has 0 aliphatic carbocycles. The molecule has 0 saturated heterocycles. The lowest BCUT2D eigenvalue weighted by Gasteiger charge is -2.26. The molecule has 48 heavy (non-hydrogen) atoms. The Bertz CT molecular complexity index is 2230. The third-order valence-electron chi connectivity index (χ3n) is 7.58. The van der Waals surface area contributed by atoms with E-state index in [2.05, 4.69) is 15.9 Å². The first-order valence-corrected chi connectivity index (χ1v) is 16.5. The lowest BCUT2D eigenvalue weighted by Crippen LogP contribution is -2.40. The number of nitro benzene ring substituents is 1. The molecule has 0 N–H and O–H groups in total. The third kappa shape index (κ3) is 6.71. The fourth-order valence-corrected chi connectivity index (χ4v) is 6.83. The molecule has 12 heteroatoms. The zero-order valence-corrected chi connectivity index (χ0v) is 28.2. The van der Waals surface area contributed by atoms with Crippen LogP contribution in [-0.4, -0.2) is 29.2 Å². The maximum Gasteiger partial charge on any atom is 0.338 e. The van der Waals surface area contributed by atoms with Crippen LogP contribution in [0.25, 0.3) is 11.8 Å². The Morgan fingerprint density at radius 2 is 1.81 bits per heavy atom. The molecule has 1 aromatic heterocycles. The molecule has 242 valence electrons. The molecule has 0 fully saturated rings. The Labute approximate surface area is 287 Å². The number of nitro groups is 1. The van der Waals surface area contributed by atoms with Crippen molar-refractivity contribution in [1.82, 2.24) is 4.57 Å². The Hall–Kier alpha value is -5.33. The summed E-state index contributed by atoms with van der Waals surface area (Å²) in [7, 11) is 1.56. The zero-order chi connectivity index (χ0) is 33.8. The number of nitrogens with zero attached hydrogens (tertiary/aromatic N) is 3. The van der Waals surface area contributed by atoms with Gasteiger partial charge in [0.25, 0.3) is 11.2 Å². The minimum atomic E-state index is -0.824. The minimum Gasteiger partial charge on any atom is -0.497 e. The summed E-state index contributed by atoms with van der Waals surface area (Å²) < 4.78 is 19.6. The van der Waals surface area contributed by atoms with E-state index in [-0.39, 0.29) is 30.0 Å². The van der Waals surface area contributed by atoms with E-state index in [0.29, 0.717) is 36.6 Å². The second-order valence-corrected chi connectivity index (χ2v) is 12.5. The minimum absolute atomic E-state index is 0.0118. The van der Waals surface area contributed by atoms with Gasteiger partial charge in [-0.05, 0) is 82.0 Å². The summed E-state index contributed by atoms with van der Waals surface area (Å²) in [4.78, 5) is 43.7. The van der Waals surface area contributed by atoms with Gasteiger partial charge in [0.05, 0.1) is 45.0 Å². The van der Waals surface area contributed by atoms with Gasteiger partial charge in [0.15, 0.2) is 4.80 Å². The first kappa shape index (κ1) is 32.6. The molecule has 1 aliphatic rings. The lowest BCUT2D eigenvalue weighted by atomic mass is 9.93. The van der Waals surface area contributed by atoms with Crippen LogP contribution in [0.2, 0.25) is 0 Å². The Morgan fingerprint density at radius 1 is 1.04 bits per heavy atom. The summed E-state index contributed by atoms with van der Waals surface area (Å²) in [5.74, 6) is 0.587. The third-order valence-corrected chi connectivity index (χ3v) is 9.18. The van der Waals surface area contributed by atoms with E-state index in [1.54, 1.807) is 48.9 Å². The standard InChI is InChI=1S/C36H28BrN3O7S/c1-3-46-35(42)31-32(24-8-5-4-6-9-24)38-36-39(33(31)25-10-7-11-27(20-25)45-2)34(41)30(48-36)19-23-14-17-29(28(37)18-23)47-21-22-12-15-26(16-13-22)40(43)44/h4-20,33H,3,21H2,1-2H3/b30-19-/t33-/m0/s1. The molecule has 0 bridgehead atoms. The van der Waals surface area contributed by atoms with Crippen molar-refractivity contribution in [3.8, 4) is 11.5 Å². The highest BCUT2D eigenvalue weighted by Crippen LogP contribution is 2.36. The van der Waals surface area contributed by atoms with Crippen LogP contribution < -0.4 is 24.4 Å². The zero-order valence-electron chi connectivity index (χ0n) is 25.8. The first-order valence-electron chi connectivity index (χ1n) is 14.9. The Morgan fingerprint density at radius 3 is 2.50 bits per heavy atom. The van der Waals surface area contributed by atoms with Crippen molar-refractivity contribution in [2.24, 2.45) is 4.99 Å². The number of carbonyl (C=O) groups excluding carboxylic acids is 1. The van der Waals surface area contributed by atoms with Gasteiger partial charge in [-0.15, -0.1) is 0 Å². The highest BCUT2D eigenvalue weighted by Gasteiger charge is 2.35. The van der Waals surface area contributed by atoms with Crippen LogP contribution in [0.15, 0.2) is 117 Å². The van der Waals surface area contributed by atoms with Gasteiger partial charge in [0.1, 0.15) is 18.1 Å². The number of fused-ring (bicyclic) bond motifs is 1. The van der Waals surface area contributed by atoms with Crippen molar-refractivity contribution in [3.63, 3.8) is 0 Å². The molecule has 5 aromatic rings. The molecule has 4 aromatic carbocycles. The maximum absolute atomic E-state index is 14.2. The van der Waals surface area contributed by atoms with E-state index < -0.39 is 16.9 Å². The molecule has 1 atom stereocenters. The van der Waals surface area contributed by atoms with Gasteiger partial charge in [-0.2, -0.15) is 0 Å². The van der Waals surface area contributed by atoms with E-state index in [4.69, 9.17) is 19.2 Å². The number of aromatic nitrogens is 1. The van der Waals surface area contributed by atoms with Crippen LogP contribution in [0, 0.1) is 10.1 Å². The number of hydrogen-bond acceptors (Lipinski definition) is 9. The number of ether oxygens (including phenoxy) is 3. The summed E-state index contributed by atoms with van der Waals surface area (Å²) in [6, 6.07) is 27.4. The van der Waals surface area contributed by atoms with Gasteiger partial charge in [0.2, 0.25) is 0 Å². The van der Waals surface area contributed by atoms with Gasteiger partial charge in [-0.25, -0.2) is 9.79 Å². The Kier molecular flexibility index (Phi) is 9.65. The van der Waals surface area contributed by atoms with E-state index in [1.165, 1.54) is 23.5 Å². The summed E-state index contributed by atoms with van der Waals surface area (Å²) in [5, 5.41) is 10.9. The van der Waals surface area contributed by atoms with Crippen LogP contribution >= 0.6 is 27.3 Å². The summed E-state index contributed by atoms with van der Waals surface area (Å²) in [5.41, 5.74) is 3.30. The Balaban J connectivity index is 1.42. The number of esters is 1. The van der Waals surface area contributed by atoms with Crippen LogP contribution in [-0.2, 0) is 16.1 Å². The molecular formula is C36H28BrN3O7S. The number of hydrogen-bond donors (Lipinski definition) is 0. The predicted octanol–water partition coefficient (Wildman–Crippen LogP) is 6.19. The number of non-ortho nitro benzene ring substituents is 1. The number of rotatable bonds is 10. The number of benzene rings is 4. The molecule has 2 heterocycles. The van der Waals surface area contributed by atoms with Gasteiger partial charge >= 0.3 is 5.97 Å². The number of carbonyl (C=O) groups is 1. The molecule has 0 amide bonds. The molecular weight excluding hydrogens is 698 g/mol. The van der Waals surface area contributed by atoms with Crippen LogP contribution in [0.4, 0.5) is 5.69 Å². The van der Waals surface area contributed by atoms with E-state index in [0.717, 1.165) is 16.7 Å².